The topological polar surface area (TPSA) is 46.2 Å². The van der Waals surface area contributed by atoms with Crippen LogP contribution >= 0.6 is 0 Å². The summed E-state index contributed by atoms with van der Waals surface area (Å²) in [6, 6.07) is 13.0. The first kappa shape index (κ1) is 16.3. The minimum atomic E-state index is -1.60. The Hall–Kier alpha value is -2.08. The van der Waals surface area contributed by atoms with Crippen molar-refractivity contribution in [1.82, 2.24) is 5.32 Å². The quantitative estimate of drug-likeness (QED) is 0.888. The summed E-state index contributed by atoms with van der Waals surface area (Å²) in [6.45, 7) is 0.338. The molecule has 1 atom stereocenters. The molecule has 0 aliphatic rings. The summed E-state index contributed by atoms with van der Waals surface area (Å²) in [4.78, 5) is 11.7. The van der Waals surface area contributed by atoms with Gasteiger partial charge in [-0.1, -0.05) is 42.5 Å². The third-order valence-electron chi connectivity index (χ3n) is 2.97. The lowest BCUT2D eigenvalue weighted by molar-refractivity contribution is -0.118. The second-order valence-corrected chi connectivity index (χ2v) is 6.16. The lowest BCUT2D eigenvalue weighted by atomic mass is 10.2. The number of carbonyl (C=O) groups is 1. The van der Waals surface area contributed by atoms with E-state index in [1.165, 1.54) is 12.1 Å². The number of benzene rings is 2. The second kappa shape index (κ2) is 7.79. The van der Waals surface area contributed by atoms with Crippen LogP contribution in [-0.4, -0.2) is 15.9 Å². The van der Waals surface area contributed by atoms with Gasteiger partial charge in [0.25, 0.3) is 0 Å². The van der Waals surface area contributed by atoms with Crippen LogP contribution in [0, 0.1) is 11.6 Å². The number of hydrogen-bond donors (Lipinski definition) is 1. The average Bonchev–Trinajstić information content (AvgIpc) is 2.51. The van der Waals surface area contributed by atoms with Gasteiger partial charge < -0.3 is 5.32 Å². The highest BCUT2D eigenvalue weighted by Crippen LogP contribution is 2.13. The highest BCUT2D eigenvalue weighted by atomic mass is 32.2. The van der Waals surface area contributed by atoms with Gasteiger partial charge in [-0.3, -0.25) is 9.00 Å². The smallest absolute Gasteiger partial charge is 0.232 e. The van der Waals surface area contributed by atoms with Crippen LogP contribution in [0.4, 0.5) is 8.78 Å². The lowest BCUT2D eigenvalue weighted by Gasteiger charge is -2.06. The molecule has 2 rings (SSSR count). The predicted molar refractivity (Wildman–Crippen MR) is 81.4 cm³/mol. The Balaban J connectivity index is 1.84. The number of amides is 1. The van der Waals surface area contributed by atoms with Crippen LogP contribution in [0.5, 0.6) is 0 Å². The molecule has 0 spiro atoms. The van der Waals surface area contributed by atoms with Gasteiger partial charge in [0, 0.05) is 22.9 Å². The summed E-state index contributed by atoms with van der Waals surface area (Å²) in [6.07, 6.45) is 0. The summed E-state index contributed by atoms with van der Waals surface area (Å²) >= 11 is 0. The molecule has 6 heteroatoms. The highest BCUT2D eigenvalue weighted by Gasteiger charge is 2.13. The highest BCUT2D eigenvalue weighted by molar-refractivity contribution is 7.84. The average molecular weight is 323 g/mol. The van der Waals surface area contributed by atoms with Crippen molar-refractivity contribution in [3.8, 4) is 0 Å². The van der Waals surface area contributed by atoms with Gasteiger partial charge in [0.15, 0.2) is 11.6 Å². The maximum Gasteiger partial charge on any atom is 0.232 e. The molecule has 0 fully saturated rings. The fraction of sp³-hybridized carbons (Fsp3) is 0.188. The molecular formula is C16H15F2NO2S. The Kier molecular flexibility index (Phi) is 5.77. The monoisotopic (exact) mass is 323 g/mol. The molecule has 0 unspecified atom stereocenters. The third-order valence-corrected chi connectivity index (χ3v) is 4.19. The lowest BCUT2D eigenvalue weighted by Crippen LogP contribution is -2.28. The van der Waals surface area contributed by atoms with Gasteiger partial charge in [0.1, 0.15) is 5.75 Å². The Morgan fingerprint density at radius 2 is 1.77 bits per heavy atom. The summed E-state index contributed by atoms with van der Waals surface area (Å²) in [5.74, 6) is -2.83. The van der Waals surface area contributed by atoms with Crippen molar-refractivity contribution >= 4 is 16.7 Å². The van der Waals surface area contributed by atoms with Crippen LogP contribution in [0.2, 0.25) is 0 Å². The van der Waals surface area contributed by atoms with Crippen LogP contribution in [0.15, 0.2) is 48.5 Å². The van der Waals surface area contributed by atoms with Gasteiger partial charge in [-0.25, -0.2) is 8.78 Å². The number of nitrogens with one attached hydrogen (secondary N) is 1. The van der Waals surface area contributed by atoms with E-state index in [-0.39, 0.29) is 23.0 Å². The van der Waals surface area contributed by atoms with Crippen molar-refractivity contribution in [3.05, 3.63) is 71.3 Å². The zero-order chi connectivity index (χ0) is 15.9. The van der Waals surface area contributed by atoms with E-state index in [0.29, 0.717) is 6.54 Å². The molecule has 0 saturated carbocycles. The van der Waals surface area contributed by atoms with Crippen LogP contribution in [-0.2, 0) is 27.9 Å². The molecular weight excluding hydrogens is 308 g/mol. The first-order valence-corrected chi connectivity index (χ1v) is 8.13. The number of rotatable bonds is 6. The first-order chi connectivity index (χ1) is 10.6. The summed E-state index contributed by atoms with van der Waals surface area (Å²) in [5.41, 5.74) is 0.937. The van der Waals surface area contributed by atoms with E-state index in [1.807, 2.05) is 30.3 Å². The zero-order valence-corrected chi connectivity index (χ0v) is 12.5. The molecule has 0 radical (unpaired) electrons. The molecule has 0 aliphatic heterocycles. The molecule has 1 amide bonds. The molecule has 3 nitrogen and oxygen atoms in total. The van der Waals surface area contributed by atoms with Gasteiger partial charge in [-0.15, -0.1) is 0 Å². The van der Waals surface area contributed by atoms with Gasteiger partial charge in [-0.2, -0.15) is 0 Å². The normalized spacial score (nSPS) is 11.9. The van der Waals surface area contributed by atoms with Crippen molar-refractivity contribution in [2.24, 2.45) is 0 Å². The van der Waals surface area contributed by atoms with Gasteiger partial charge in [0.05, 0.1) is 5.75 Å². The summed E-state index contributed by atoms with van der Waals surface area (Å²) in [7, 11) is -1.60. The second-order valence-electron chi connectivity index (χ2n) is 4.70. The molecule has 0 bridgehead atoms. The molecule has 2 aromatic carbocycles. The Labute approximate surface area is 129 Å². The number of halogens is 2. The molecule has 22 heavy (non-hydrogen) atoms. The zero-order valence-electron chi connectivity index (χ0n) is 11.7. The van der Waals surface area contributed by atoms with Crippen molar-refractivity contribution < 1.29 is 17.8 Å². The SMILES string of the molecule is O=C(C[S@@](=O)Cc1cccc(F)c1F)NCc1ccccc1. The molecule has 0 aromatic heterocycles. The molecule has 0 aliphatic carbocycles. The third kappa shape index (κ3) is 4.73. The van der Waals surface area contributed by atoms with E-state index < -0.39 is 22.4 Å². The molecule has 0 saturated heterocycles. The molecule has 116 valence electrons. The summed E-state index contributed by atoms with van der Waals surface area (Å²) < 4.78 is 38.4. The minimum Gasteiger partial charge on any atom is -0.351 e. The van der Waals surface area contributed by atoms with Crippen LogP contribution in [0.1, 0.15) is 11.1 Å². The Morgan fingerprint density at radius 3 is 2.50 bits per heavy atom. The maximum atomic E-state index is 13.5. The van der Waals surface area contributed by atoms with Crippen molar-refractivity contribution in [2.45, 2.75) is 12.3 Å². The van der Waals surface area contributed by atoms with Gasteiger partial charge >= 0.3 is 0 Å². The fourth-order valence-electron chi connectivity index (χ4n) is 1.88. The van der Waals surface area contributed by atoms with Crippen molar-refractivity contribution in [1.29, 1.82) is 0 Å². The molecule has 0 heterocycles. The predicted octanol–water partition coefficient (Wildman–Crippen LogP) is 2.53. The maximum absolute atomic E-state index is 13.5. The largest absolute Gasteiger partial charge is 0.351 e. The van der Waals surface area contributed by atoms with Crippen LogP contribution in [0.25, 0.3) is 0 Å². The van der Waals surface area contributed by atoms with E-state index in [1.54, 1.807) is 0 Å². The van der Waals surface area contributed by atoms with Gasteiger partial charge in [-0.05, 0) is 11.6 Å². The number of carbonyl (C=O) groups excluding carboxylic acids is 1. The fourth-order valence-corrected chi connectivity index (χ4v) is 2.94. The standard InChI is InChI=1S/C16H15F2NO2S/c17-14-8-4-7-13(16(14)18)10-22(21)11-15(20)19-9-12-5-2-1-3-6-12/h1-8H,9-11H2,(H,19,20)/t22-/m0/s1. The van der Waals surface area contributed by atoms with E-state index in [0.717, 1.165) is 11.6 Å². The summed E-state index contributed by atoms with van der Waals surface area (Å²) in [5, 5.41) is 2.64. The van der Waals surface area contributed by atoms with E-state index >= 15 is 0 Å². The van der Waals surface area contributed by atoms with E-state index in [9.17, 15) is 17.8 Å². The Bertz CT molecular complexity index is 677. The van der Waals surface area contributed by atoms with E-state index in [2.05, 4.69) is 5.32 Å². The van der Waals surface area contributed by atoms with Crippen LogP contribution in [0.3, 0.4) is 0 Å². The van der Waals surface area contributed by atoms with Crippen molar-refractivity contribution in [3.63, 3.8) is 0 Å². The van der Waals surface area contributed by atoms with Crippen LogP contribution < -0.4 is 5.32 Å². The van der Waals surface area contributed by atoms with Gasteiger partial charge in [0.2, 0.25) is 5.91 Å². The Morgan fingerprint density at radius 1 is 1.05 bits per heavy atom. The molecule has 1 N–H and O–H groups in total. The molecule has 2 aromatic rings. The van der Waals surface area contributed by atoms with E-state index in [4.69, 9.17) is 0 Å². The van der Waals surface area contributed by atoms with Crippen molar-refractivity contribution in [2.75, 3.05) is 5.75 Å². The minimum absolute atomic E-state index is 0.00851. The number of hydrogen-bond acceptors (Lipinski definition) is 2. The first-order valence-electron chi connectivity index (χ1n) is 6.65.